The second kappa shape index (κ2) is 9.24. The van der Waals surface area contributed by atoms with Crippen LogP contribution in [0.1, 0.15) is 18.4 Å². The standard InChI is InChI=1S/C21H25ClN2O5S/c1-14-4-5-16(12-18(14)22)23-21(25)15-8-10-24(11-9-15)30(26,27)20-13-17(28-2)6-7-19(20)29-3/h4-7,12-13,15H,8-11H2,1-3H3,(H,23,25). The van der Waals surface area contributed by atoms with Gasteiger partial charge in [-0.25, -0.2) is 8.42 Å². The minimum absolute atomic E-state index is 0.0570. The highest BCUT2D eigenvalue weighted by atomic mass is 35.5. The van der Waals surface area contributed by atoms with Crippen molar-refractivity contribution in [2.24, 2.45) is 5.92 Å². The van der Waals surface area contributed by atoms with Crippen molar-refractivity contribution in [3.8, 4) is 11.5 Å². The van der Waals surface area contributed by atoms with E-state index in [0.29, 0.717) is 29.3 Å². The average molecular weight is 453 g/mol. The molecule has 0 radical (unpaired) electrons. The molecule has 7 nitrogen and oxygen atoms in total. The molecule has 1 amide bonds. The second-order valence-electron chi connectivity index (χ2n) is 7.15. The van der Waals surface area contributed by atoms with Gasteiger partial charge in [-0.2, -0.15) is 4.31 Å². The van der Waals surface area contributed by atoms with E-state index in [2.05, 4.69) is 5.32 Å². The first kappa shape index (κ1) is 22.4. The summed E-state index contributed by atoms with van der Waals surface area (Å²) in [5.74, 6) is 0.280. The van der Waals surface area contributed by atoms with Crippen molar-refractivity contribution < 1.29 is 22.7 Å². The monoisotopic (exact) mass is 452 g/mol. The third kappa shape index (κ3) is 4.71. The molecule has 1 N–H and O–H groups in total. The maximum absolute atomic E-state index is 13.1. The number of methoxy groups -OCH3 is 2. The summed E-state index contributed by atoms with van der Waals surface area (Å²) in [7, 11) is -0.876. The molecule has 0 atom stereocenters. The maximum atomic E-state index is 13.1. The first-order chi connectivity index (χ1) is 14.3. The molecule has 2 aromatic rings. The smallest absolute Gasteiger partial charge is 0.246 e. The lowest BCUT2D eigenvalue weighted by molar-refractivity contribution is -0.120. The van der Waals surface area contributed by atoms with Crippen molar-refractivity contribution in [2.45, 2.75) is 24.7 Å². The number of carbonyl (C=O) groups is 1. The number of rotatable bonds is 6. The SMILES string of the molecule is COc1ccc(OC)c(S(=O)(=O)N2CCC(C(=O)Nc3ccc(C)c(Cl)c3)CC2)c1. The van der Waals surface area contributed by atoms with Crippen LogP contribution in [0.3, 0.4) is 0 Å². The number of benzene rings is 2. The minimum atomic E-state index is -3.78. The normalized spacial score (nSPS) is 15.6. The van der Waals surface area contributed by atoms with Gasteiger partial charge < -0.3 is 14.8 Å². The van der Waals surface area contributed by atoms with Crippen molar-refractivity contribution in [1.82, 2.24) is 4.31 Å². The zero-order valence-electron chi connectivity index (χ0n) is 17.1. The number of amides is 1. The van der Waals surface area contributed by atoms with Crippen LogP contribution in [0.2, 0.25) is 5.02 Å². The van der Waals surface area contributed by atoms with Crippen molar-refractivity contribution >= 4 is 33.2 Å². The van der Waals surface area contributed by atoms with Gasteiger partial charge in [-0.3, -0.25) is 4.79 Å². The largest absolute Gasteiger partial charge is 0.497 e. The summed E-state index contributed by atoms with van der Waals surface area (Å²) in [6, 6.07) is 10.0. The summed E-state index contributed by atoms with van der Waals surface area (Å²) >= 11 is 6.11. The van der Waals surface area contributed by atoms with E-state index in [9.17, 15) is 13.2 Å². The van der Waals surface area contributed by atoms with Crippen LogP contribution in [0, 0.1) is 12.8 Å². The van der Waals surface area contributed by atoms with Gasteiger partial charge in [0.15, 0.2) is 0 Å². The predicted octanol–water partition coefficient (Wildman–Crippen LogP) is 3.71. The summed E-state index contributed by atoms with van der Waals surface area (Å²) in [5, 5.41) is 3.45. The third-order valence-corrected chi connectivity index (χ3v) is 7.58. The Morgan fingerprint density at radius 3 is 2.40 bits per heavy atom. The highest BCUT2D eigenvalue weighted by Crippen LogP contribution is 2.33. The molecule has 0 bridgehead atoms. The number of carbonyl (C=O) groups excluding carboxylic acids is 1. The van der Waals surface area contributed by atoms with Gasteiger partial charge in [0.1, 0.15) is 16.4 Å². The quantitative estimate of drug-likeness (QED) is 0.722. The Bertz CT molecular complexity index is 1030. The number of hydrogen-bond acceptors (Lipinski definition) is 5. The number of piperidine rings is 1. The van der Waals surface area contributed by atoms with Crippen LogP contribution in [-0.2, 0) is 14.8 Å². The minimum Gasteiger partial charge on any atom is -0.497 e. The molecule has 162 valence electrons. The van der Waals surface area contributed by atoms with Crippen LogP contribution in [-0.4, -0.2) is 45.9 Å². The first-order valence-corrected chi connectivity index (χ1v) is 11.4. The van der Waals surface area contributed by atoms with Gasteiger partial charge in [0.25, 0.3) is 0 Å². The van der Waals surface area contributed by atoms with Gasteiger partial charge in [-0.15, -0.1) is 0 Å². The predicted molar refractivity (Wildman–Crippen MR) is 116 cm³/mol. The Kier molecular flexibility index (Phi) is 6.90. The Hall–Kier alpha value is -2.29. The topological polar surface area (TPSA) is 84.9 Å². The molecular weight excluding hydrogens is 428 g/mol. The molecule has 1 aliphatic rings. The number of aryl methyl sites for hydroxylation is 1. The fourth-order valence-electron chi connectivity index (χ4n) is 3.40. The number of ether oxygens (including phenoxy) is 2. The Labute approximate surface area is 182 Å². The molecule has 0 aliphatic carbocycles. The molecule has 1 heterocycles. The number of nitrogens with one attached hydrogen (secondary N) is 1. The first-order valence-electron chi connectivity index (χ1n) is 9.55. The van der Waals surface area contributed by atoms with Crippen LogP contribution in [0.4, 0.5) is 5.69 Å². The lowest BCUT2D eigenvalue weighted by Gasteiger charge is -2.31. The van der Waals surface area contributed by atoms with Gasteiger partial charge in [-0.05, 0) is 49.6 Å². The lowest BCUT2D eigenvalue weighted by atomic mass is 9.97. The van der Waals surface area contributed by atoms with Crippen LogP contribution >= 0.6 is 11.6 Å². The summed E-state index contributed by atoms with van der Waals surface area (Å²) in [6.45, 7) is 2.38. The van der Waals surface area contributed by atoms with E-state index in [1.165, 1.54) is 24.6 Å². The van der Waals surface area contributed by atoms with E-state index in [1.807, 2.05) is 13.0 Å². The number of hydrogen-bond donors (Lipinski definition) is 1. The highest BCUT2D eigenvalue weighted by molar-refractivity contribution is 7.89. The van der Waals surface area contributed by atoms with Gasteiger partial charge in [0, 0.05) is 35.8 Å². The molecule has 1 saturated heterocycles. The summed E-state index contributed by atoms with van der Waals surface area (Å²) in [4.78, 5) is 12.7. The zero-order chi connectivity index (χ0) is 21.9. The van der Waals surface area contributed by atoms with Crippen molar-refractivity contribution in [3.63, 3.8) is 0 Å². The Morgan fingerprint density at radius 2 is 1.80 bits per heavy atom. The summed E-state index contributed by atoms with van der Waals surface area (Å²) in [6.07, 6.45) is 0.855. The van der Waals surface area contributed by atoms with E-state index in [0.717, 1.165) is 5.56 Å². The number of nitrogens with zero attached hydrogens (tertiary/aromatic N) is 1. The van der Waals surface area contributed by atoms with Crippen LogP contribution < -0.4 is 14.8 Å². The molecule has 9 heteroatoms. The maximum Gasteiger partial charge on any atom is 0.246 e. The van der Waals surface area contributed by atoms with Crippen LogP contribution in [0.15, 0.2) is 41.3 Å². The molecule has 2 aromatic carbocycles. The molecule has 0 unspecified atom stereocenters. The molecule has 0 spiro atoms. The Balaban J connectivity index is 1.68. The number of anilines is 1. The molecule has 3 rings (SSSR count). The van der Waals surface area contributed by atoms with Crippen LogP contribution in [0.5, 0.6) is 11.5 Å². The molecule has 1 aliphatic heterocycles. The molecular formula is C21H25ClN2O5S. The third-order valence-electron chi connectivity index (χ3n) is 5.25. The van der Waals surface area contributed by atoms with Crippen molar-refractivity contribution in [2.75, 3.05) is 32.6 Å². The molecule has 30 heavy (non-hydrogen) atoms. The van der Waals surface area contributed by atoms with E-state index in [1.54, 1.807) is 24.3 Å². The van der Waals surface area contributed by atoms with Gasteiger partial charge in [-0.1, -0.05) is 17.7 Å². The van der Waals surface area contributed by atoms with Crippen molar-refractivity contribution in [1.29, 1.82) is 0 Å². The van der Waals surface area contributed by atoms with Crippen molar-refractivity contribution in [3.05, 3.63) is 47.0 Å². The second-order valence-corrected chi connectivity index (χ2v) is 9.46. The summed E-state index contributed by atoms with van der Waals surface area (Å²) in [5.41, 5.74) is 1.56. The lowest BCUT2D eigenvalue weighted by Crippen LogP contribution is -2.41. The molecule has 0 aromatic heterocycles. The highest BCUT2D eigenvalue weighted by Gasteiger charge is 2.34. The number of halogens is 1. The fourth-order valence-corrected chi connectivity index (χ4v) is 5.22. The summed E-state index contributed by atoms with van der Waals surface area (Å²) < 4.78 is 38.1. The van der Waals surface area contributed by atoms with Gasteiger partial charge in [0.05, 0.1) is 14.2 Å². The molecule has 1 fully saturated rings. The van der Waals surface area contributed by atoms with E-state index >= 15 is 0 Å². The van der Waals surface area contributed by atoms with Gasteiger partial charge >= 0.3 is 0 Å². The van der Waals surface area contributed by atoms with E-state index in [4.69, 9.17) is 21.1 Å². The Morgan fingerprint density at radius 1 is 1.10 bits per heavy atom. The van der Waals surface area contributed by atoms with Gasteiger partial charge in [0.2, 0.25) is 15.9 Å². The van der Waals surface area contributed by atoms with E-state index in [-0.39, 0.29) is 35.6 Å². The molecule has 0 saturated carbocycles. The van der Waals surface area contributed by atoms with Crippen LogP contribution in [0.25, 0.3) is 0 Å². The number of sulfonamides is 1. The zero-order valence-corrected chi connectivity index (χ0v) is 18.7. The average Bonchev–Trinajstić information content (AvgIpc) is 2.75. The fraction of sp³-hybridized carbons (Fsp3) is 0.381. The van der Waals surface area contributed by atoms with E-state index < -0.39 is 10.0 Å².